The molecule has 1 atom stereocenters. The van der Waals surface area contributed by atoms with Crippen LogP contribution in [0.25, 0.3) is 0 Å². The summed E-state index contributed by atoms with van der Waals surface area (Å²) in [6.07, 6.45) is 2.48. The number of piperidine rings is 1. The molecule has 0 aromatic heterocycles. The second kappa shape index (κ2) is 5.83. The van der Waals surface area contributed by atoms with E-state index in [1.807, 2.05) is 11.9 Å². The van der Waals surface area contributed by atoms with Crippen molar-refractivity contribution in [2.45, 2.75) is 18.8 Å². The van der Waals surface area contributed by atoms with E-state index in [9.17, 15) is 4.79 Å². The van der Waals surface area contributed by atoms with Crippen molar-refractivity contribution in [1.82, 2.24) is 10.2 Å². The van der Waals surface area contributed by atoms with E-state index >= 15 is 0 Å². The second-order valence-corrected chi connectivity index (χ2v) is 5.84. The molecule has 4 heteroatoms. The van der Waals surface area contributed by atoms with Gasteiger partial charge in [0.25, 0.3) is 0 Å². The van der Waals surface area contributed by atoms with Crippen molar-refractivity contribution in [3.8, 4) is 0 Å². The number of carbonyl (C=O) groups excluding carboxylic acids is 1. The molecular formula is C16H23N3O. The number of hydrogen-bond acceptors (Lipinski definition) is 3. The fourth-order valence-electron chi connectivity index (χ4n) is 3.20. The molecule has 1 N–H and O–H groups in total. The lowest BCUT2D eigenvalue weighted by molar-refractivity contribution is -0.129. The highest BCUT2D eigenvalue weighted by atomic mass is 16.2. The van der Waals surface area contributed by atoms with E-state index in [0.717, 1.165) is 26.2 Å². The molecule has 4 nitrogen and oxygen atoms in total. The highest BCUT2D eigenvalue weighted by molar-refractivity contribution is 5.83. The standard InChI is InChI=1S/C16H23N3O/c1-18-9-10-19(12-16(18)20)15-7-3-2-6-14(15)13-5-4-8-17-11-13/h2-3,6-7,13,17H,4-5,8-12H2,1H3. The highest BCUT2D eigenvalue weighted by Gasteiger charge is 2.25. The third-order valence-electron chi connectivity index (χ3n) is 4.47. The smallest absolute Gasteiger partial charge is 0.241 e. The Balaban J connectivity index is 1.84. The molecule has 2 aliphatic heterocycles. The SMILES string of the molecule is CN1CCN(c2ccccc2C2CCCNC2)CC1=O. The Bertz CT molecular complexity index is 482. The molecule has 3 rings (SSSR count). The third-order valence-corrected chi connectivity index (χ3v) is 4.47. The van der Waals surface area contributed by atoms with E-state index in [2.05, 4.69) is 34.5 Å². The maximum Gasteiger partial charge on any atom is 0.241 e. The lowest BCUT2D eigenvalue weighted by Gasteiger charge is -2.36. The number of nitrogens with zero attached hydrogens (tertiary/aromatic N) is 2. The van der Waals surface area contributed by atoms with Crippen LogP contribution in [0.3, 0.4) is 0 Å². The number of likely N-dealkylation sites (N-methyl/N-ethyl adjacent to an activating group) is 1. The Morgan fingerprint density at radius 2 is 2.10 bits per heavy atom. The van der Waals surface area contributed by atoms with Gasteiger partial charge >= 0.3 is 0 Å². The predicted molar refractivity (Wildman–Crippen MR) is 81.1 cm³/mol. The average Bonchev–Trinajstić information content (AvgIpc) is 2.51. The summed E-state index contributed by atoms with van der Waals surface area (Å²) in [6, 6.07) is 8.60. The van der Waals surface area contributed by atoms with Crippen LogP contribution in [0.2, 0.25) is 0 Å². The first-order valence-electron chi connectivity index (χ1n) is 7.54. The summed E-state index contributed by atoms with van der Waals surface area (Å²) >= 11 is 0. The van der Waals surface area contributed by atoms with E-state index in [-0.39, 0.29) is 5.91 Å². The third kappa shape index (κ3) is 2.66. The van der Waals surface area contributed by atoms with Gasteiger partial charge in [-0.2, -0.15) is 0 Å². The van der Waals surface area contributed by atoms with Crippen molar-refractivity contribution in [3.63, 3.8) is 0 Å². The summed E-state index contributed by atoms with van der Waals surface area (Å²) in [5.74, 6) is 0.794. The van der Waals surface area contributed by atoms with Gasteiger partial charge in [-0.25, -0.2) is 0 Å². The van der Waals surface area contributed by atoms with Crippen LogP contribution in [0.4, 0.5) is 5.69 Å². The lowest BCUT2D eigenvalue weighted by atomic mass is 9.90. The molecule has 2 fully saturated rings. The number of piperazine rings is 1. The maximum absolute atomic E-state index is 11.9. The van der Waals surface area contributed by atoms with E-state index in [4.69, 9.17) is 0 Å². The first-order chi connectivity index (χ1) is 9.75. The molecule has 0 aliphatic carbocycles. The van der Waals surface area contributed by atoms with Gasteiger partial charge in [0.15, 0.2) is 0 Å². The number of hydrogen-bond donors (Lipinski definition) is 1. The number of anilines is 1. The molecule has 1 aromatic rings. The van der Waals surface area contributed by atoms with Crippen molar-refractivity contribution in [2.75, 3.05) is 44.7 Å². The fourth-order valence-corrected chi connectivity index (χ4v) is 3.20. The van der Waals surface area contributed by atoms with Gasteiger partial charge in [0.2, 0.25) is 5.91 Å². The van der Waals surface area contributed by atoms with Crippen LogP contribution in [0.15, 0.2) is 24.3 Å². The topological polar surface area (TPSA) is 35.6 Å². The zero-order chi connectivity index (χ0) is 13.9. The van der Waals surface area contributed by atoms with Crippen molar-refractivity contribution in [2.24, 2.45) is 0 Å². The lowest BCUT2D eigenvalue weighted by Crippen LogP contribution is -2.49. The first-order valence-corrected chi connectivity index (χ1v) is 7.54. The fraction of sp³-hybridized carbons (Fsp3) is 0.562. The maximum atomic E-state index is 11.9. The van der Waals surface area contributed by atoms with Gasteiger partial charge in [-0.15, -0.1) is 0 Å². The first kappa shape index (κ1) is 13.4. The largest absolute Gasteiger partial charge is 0.360 e. The van der Waals surface area contributed by atoms with Crippen molar-refractivity contribution >= 4 is 11.6 Å². The number of para-hydroxylation sites is 1. The Hall–Kier alpha value is -1.55. The van der Waals surface area contributed by atoms with Crippen LogP contribution < -0.4 is 10.2 Å². The summed E-state index contributed by atoms with van der Waals surface area (Å²) in [7, 11) is 1.89. The minimum Gasteiger partial charge on any atom is -0.360 e. The van der Waals surface area contributed by atoms with Crippen LogP contribution in [-0.4, -0.2) is 50.6 Å². The molecular weight excluding hydrogens is 250 g/mol. The van der Waals surface area contributed by atoms with Crippen molar-refractivity contribution in [3.05, 3.63) is 29.8 Å². The van der Waals surface area contributed by atoms with Gasteiger partial charge in [0.05, 0.1) is 6.54 Å². The molecule has 2 saturated heterocycles. The molecule has 1 unspecified atom stereocenters. The zero-order valence-electron chi connectivity index (χ0n) is 12.1. The molecule has 2 heterocycles. The van der Waals surface area contributed by atoms with Crippen LogP contribution in [-0.2, 0) is 4.79 Å². The monoisotopic (exact) mass is 273 g/mol. The second-order valence-electron chi connectivity index (χ2n) is 5.84. The number of carbonyl (C=O) groups is 1. The van der Waals surface area contributed by atoms with Gasteiger partial charge in [-0.05, 0) is 36.9 Å². The normalized spacial score (nSPS) is 24.1. The highest BCUT2D eigenvalue weighted by Crippen LogP contribution is 2.32. The number of benzene rings is 1. The van der Waals surface area contributed by atoms with Gasteiger partial charge in [-0.1, -0.05) is 18.2 Å². The van der Waals surface area contributed by atoms with E-state index < -0.39 is 0 Å². The molecule has 108 valence electrons. The average molecular weight is 273 g/mol. The zero-order valence-corrected chi connectivity index (χ0v) is 12.1. The van der Waals surface area contributed by atoms with Crippen molar-refractivity contribution in [1.29, 1.82) is 0 Å². The minimum absolute atomic E-state index is 0.216. The van der Waals surface area contributed by atoms with E-state index in [1.165, 1.54) is 24.1 Å². The number of nitrogens with one attached hydrogen (secondary N) is 1. The summed E-state index contributed by atoms with van der Waals surface area (Å²) in [4.78, 5) is 16.0. The molecule has 2 aliphatic rings. The van der Waals surface area contributed by atoms with Crippen LogP contribution >= 0.6 is 0 Å². The Morgan fingerprint density at radius 3 is 2.85 bits per heavy atom. The molecule has 1 aromatic carbocycles. The quantitative estimate of drug-likeness (QED) is 0.885. The summed E-state index contributed by atoms with van der Waals surface area (Å²) in [6.45, 7) is 4.44. The van der Waals surface area contributed by atoms with Gasteiger partial charge < -0.3 is 15.1 Å². The van der Waals surface area contributed by atoms with Crippen LogP contribution in [0, 0.1) is 0 Å². The summed E-state index contributed by atoms with van der Waals surface area (Å²) in [5.41, 5.74) is 2.65. The Labute approximate surface area is 120 Å². The number of rotatable bonds is 2. The van der Waals surface area contributed by atoms with Gasteiger partial charge in [0, 0.05) is 32.4 Å². The summed E-state index contributed by atoms with van der Waals surface area (Å²) in [5, 5.41) is 3.49. The molecule has 0 bridgehead atoms. The summed E-state index contributed by atoms with van der Waals surface area (Å²) < 4.78 is 0. The van der Waals surface area contributed by atoms with Crippen LogP contribution in [0.5, 0.6) is 0 Å². The molecule has 0 saturated carbocycles. The predicted octanol–water partition coefficient (Wildman–Crippen LogP) is 1.43. The van der Waals surface area contributed by atoms with E-state index in [1.54, 1.807) is 0 Å². The molecule has 1 amide bonds. The van der Waals surface area contributed by atoms with Gasteiger partial charge in [-0.3, -0.25) is 4.79 Å². The molecule has 20 heavy (non-hydrogen) atoms. The minimum atomic E-state index is 0.216. The van der Waals surface area contributed by atoms with Crippen molar-refractivity contribution < 1.29 is 4.79 Å². The molecule has 0 radical (unpaired) electrons. The van der Waals surface area contributed by atoms with Gasteiger partial charge in [0.1, 0.15) is 0 Å². The Kier molecular flexibility index (Phi) is 3.92. The Morgan fingerprint density at radius 1 is 1.25 bits per heavy atom. The van der Waals surface area contributed by atoms with E-state index in [0.29, 0.717) is 12.5 Å². The van der Waals surface area contributed by atoms with Crippen LogP contribution in [0.1, 0.15) is 24.3 Å². The number of amides is 1. The molecule has 0 spiro atoms.